The predicted octanol–water partition coefficient (Wildman–Crippen LogP) is 0.394. The number of carbonyl (C=O) groups excluding carboxylic acids is 1. The van der Waals surface area contributed by atoms with E-state index in [-0.39, 0.29) is 6.61 Å². The van der Waals surface area contributed by atoms with E-state index in [1.807, 2.05) is 0 Å². The standard InChI is InChI=1S/C11H17N3O5S/c1-20(16,17)18-9-10-5-8-14(12-10)19-11(15)13-6-3-2-4-7-13/h5,8H,2-4,6-7,9H2,1H3. The highest BCUT2D eigenvalue weighted by Gasteiger charge is 2.19. The molecule has 1 amide bonds. The molecular formula is C11H17N3O5S. The van der Waals surface area contributed by atoms with Gasteiger partial charge in [0.05, 0.1) is 18.1 Å². The summed E-state index contributed by atoms with van der Waals surface area (Å²) in [5, 5.41) is 3.91. The molecule has 112 valence electrons. The quantitative estimate of drug-likeness (QED) is 0.748. The van der Waals surface area contributed by atoms with Crippen molar-refractivity contribution in [3.63, 3.8) is 0 Å². The Labute approximate surface area is 117 Å². The van der Waals surface area contributed by atoms with Gasteiger partial charge < -0.3 is 4.90 Å². The van der Waals surface area contributed by atoms with Crippen LogP contribution in [0.4, 0.5) is 4.79 Å². The Hall–Kier alpha value is -1.61. The van der Waals surface area contributed by atoms with Crippen LogP contribution in [0.25, 0.3) is 0 Å². The van der Waals surface area contributed by atoms with Crippen molar-refractivity contribution in [3.05, 3.63) is 18.0 Å². The fourth-order valence-corrected chi connectivity index (χ4v) is 2.19. The number of nitrogens with zero attached hydrogens (tertiary/aromatic N) is 3. The molecule has 0 spiro atoms. The van der Waals surface area contributed by atoms with Gasteiger partial charge in [0.1, 0.15) is 6.61 Å². The van der Waals surface area contributed by atoms with Crippen LogP contribution in [0.2, 0.25) is 0 Å². The van der Waals surface area contributed by atoms with E-state index < -0.39 is 16.2 Å². The van der Waals surface area contributed by atoms with Crippen LogP contribution < -0.4 is 4.84 Å². The molecule has 0 aliphatic carbocycles. The molecule has 20 heavy (non-hydrogen) atoms. The zero-order chi connectivity index (χ0) is 14.6. The van der Waals surface area contributed by atoms with Crippen molar-refractivity contribution >= 4 is 16.2 Å². The average Bonchev–Trinajstić information content (AvgIpc) is 2.84. The fraction of sp³-hybridized carbons (Fsp3) is 0.636. The molecule has 1 fully saturated rings. The maximum absolute atomic E-state index is 11.8. The number of hydrogen-bond donors (Lipinski definition) is 0. The van der Waals surface area contributed by atoms with E-state index in [4.69, 9.17) is 4.84 Å². The number of hydrogen-bond acceptors (Lipinski definition) is 6. The largest absolute Gasteiger partial charge is 0.435 e. The first-order chi connectivity index (χ1) is 9.44. The van der Waals surface area contributed by atoms with Crippen molar-refractivity contribution in [2.45, 2.75) is 25.9 Å². The van der Waals surface area contributed by atoms with Crippen molar-refractivity contribution in [1.82, 2.24) is 14.8 Å². The summed E-state index contributed by atoms with van der Waals surface area (Å²) >= 11 is 0. The van der Waals surface area contributed by atoms with Crippen molar-refractivity contribution < 1.29 is 22.2 Å². The molecule has 0 bridgehead atoms. The normalized spacial score (nSPS) is 16.1. The molecule has 2 rings (SSSR count). The first kappa shape index (κ1) is 14.8. The SMILES string of the molecule is CS(=O)(=O)OCc1ccn(OC(=O)N2CCCCC2)n1. The number of rotatable bonds is 4. The van der Waals surface area contributed by atoms with E-state index in [2.05, 4.69) is 9.28 Å². The van der Waals surface area contributed by atoms with E-state index in [9.17, 15) is 13.2 Å². The monoisotopic (exact) mass is 303 g/mol. The lowest BCUT2D eigenvalue weighted by Crippen LogP contribution is -2.40. The van der Waals surface area contributed by atoms with Crippen LogP contribution in [-0.4, -0.2) is 48.7 Å². The molecular weight excluding hydrogens is 286 g/mol. The fourth-order valence-electron chi connectivity index (χ4n) is 1.85. The van der Waals surface area contributed by atoms with Gasteiger partial charge in [-0.15, -0.1) is 5.10 Å². The lowest BCUT2D eigenvalue weighted by molar-refractivity contribution is 0.0721. The van der Waals surface area contributed by atoms with Gasteiger partial charge in [0.15, 0.2) is 0 Å². The second-order valence-electron chi connectivity index (χ2n) is 4.58. The minimum atomic E-state index is -3.52. The Bertz CT molecular complexity index is 562. The lowest BCUT2D eigenvalue weighted by Gasteiger charge is -2.25. The van der Waals surface area contributed by atoms with Crippen molar-refractivity contribution in [2.24, 2.45) is 0 Å². The summed E-state index contributed by atoms with van der Waals surface area (Å²) in [6.07, 6.45) is 5.01. The summed E-state index contributed by atoms with van der Waals surface area (Å²) in [7, 11) is -3.52. The molecule has 0 N–H and O–H groups in total. The summed E-state index contributed by atoms with van der Waals surface area (Å²) in [4.78, 5) is 19.5. The lowest BCUT2D eigenvalue weighted by atomic mass is 10.1. The Morgan fingerprint density at radius 3 is 2.70 bits per heavy atom. The van der Waals surface area contributed by atoms with Crippen LogP contribution >= 0.6 is 0 Å². The Morgan fingerprint density at radius 2 is 2.05 bits per heavy atom. The van der Waals surface area contributed by atoms with Crippen molar-refractivity contribution in [1.29, 1.82) is 0 Å². The van der Waals surface area contributed by atoms with E-state index in [0.717, 1.165) is 30.4 Å². The van der Waals surface area contributed by atoms with Gasteiger partial charge in [-0.3, -0.25) is 9.02 Å². The van der Waals surface area contributed by atoms with Gasteiger partial charge in [-0.25, -0.2) is 4.79 Å². The van der Waals surface area contributed by atoms with E-state index in [0.29, 0.717) is 18.8 Å². The molecule has 1 aromatic rings. The summed E-state index contributed by atoms with van der Waals surface area (Å²) in [5.74, 6) is 0. The van der Waals surface area contributed by atoms with Gasteiger partial charge in [0.2, 0.25) is 0 Å². The van der Waals surface area contributed by atoms with Crippen LogP contribution in [0.5, 0.6) is 0 Å². The number of aromatic nitrogens is 2. The number of piperidine rings is 1. The molecule has 0 atom stereocenters. The molecule has 8 nitrogen and oxygen atoms in total. The minimum absolute atomic E-state index is 0.187. The third kappa shape index (κ3) is 4.49. The van der Waals surface area contributed by atoms with Crippen LogP contribution in [0.3, 0.4) is 0 Å². The van der Waals surface area contributed by atoms with E-state index in [1.165, 1.54) is 12.3 Å². The second-order valence-corrected chi connectivity index (χ2v) is 6.22. The van der Waals surface area contributed by atoms with E-state index >= 15 is 0 Å². The molecule has 0 radical (unpaired) electrons. The van der Waals surface area contributed by atoms with Gasteiger partial charge in [-0.05, 0) is 25.3 Å². The van der Waals surface area contributed by atoms with Gasteiger partial charge in [-0.1, -0.05) is 4.85 Å². The summed E-state index contributed by atoms with van der Waals surface area (Å²) in [5.41, 5.74) is 0.363. The maximum atomic E-state index is 11.8. The Morgan fingerprint density at radius 1 is 1.35 bits per heavy atom. The average molecular weight is 303 g/mol. The van der Waals surface area contributed by atoms with Gasteiger partial charge in [0, 0.05) is 13.1 Å². The molecule has 0 aromatic carbocycles. The van der Waals surface area contributed by atoms with Crippen LogP contribution in [-0.2, 0) is 20.9 Å². The molecule has 9 heteroatoms. The molecule has 1 aliphatic rings. The molecule has 1 saturated heterocycles. The number of amides is 1. The van der Waals surface area contributed by atoms with Crippen LogP contribution in [0, 0.1) is 0 Å². The predicted molar refractivity (Wildman–Crippen MR) is 69.3 cm³/mol. The number of likely N-dealkylation sites (tertiary alicyclic amines) is 1. The molecule has 2 heterocycles. The molecule has 1 aliphatic heterocycles. The van der Waals surface area contributed by atoms with Crippen molar-refractivity contribution in [2.75, 3.05) is 19.3 Å². The smallest absolute Gasteiger partial charge is 0.306 e. The zero-order valence-corrected chi connectivity index (χ0v) is 12.0. The first-order valence-electron chi connectivity index (χ1n) is 6.30. The number of carbonyl (C=O) groups is 1. The summed E-state index contributed by atoms with van der Waals surface area (Å²) in [6.45, 7) is 1.18. The van der Waals surface area contributed by atoms with Crippen molar-refractivity contribution in [3.8, 4) is 0 Å². The van der Waals surface area contributed by atoms with Crippen LogP contribution in [0.1, 0.15) is 25.0 Å². The molecule has 1 aromatic heterocycles. The topological polar surface area (TPSA) is 90.7 Å². The minimum Gasteiger partial charge on any atom is -0.306 e. The molecule has 0 saturated carbocycles. The Kier molecular flexibility index (Phi) is 4.61. The summed E-state index contributed by atoms with van der Waals surface area (Å²) < 4.78 is 26.3. The van der Waals surface area contributed by atoms with Gasteiger partial charge in [0.25, 0.3) is 10.1 Å². The highest BCUT2D eigenvalue weighted by atomic mass is 32.2. The highest BCUT2D eigenvalue weighted by Crippen LogP contribution is 2.09. The molecule has 0 unspecified atom stereocenters. The summed E-state index contributed by atoms with van der Waals surface area (Å²) in [6, 6.07) is 1.52. The highest BCUT2D eigenvalue weighted by molar-refractivity contribution is 7.85. The van der Waals surface area contributed by atoms with Gasteiger partial charge >= 0.3 is 6.09 Å². The zero-order valence-electron chi connectivity index (χ0n) is 11.2. The Balaban J connectivity index is 1.87. The van der Waals surface area contributed by atoms with E-state index in [1.54, 1.807) is 4.90 Å². The maximum Gasteiger partial charge on any atom is 0.435 e. The third-order valence-corrected chi connectivity index (χ3v) is 3.37. The van der Waals surface area contributed by atoms with Gasteiger partial charge in [-0.2, -0.15) is 8.42 Å². The second kappa shape index (κ2) is 6.23. The van der Waals surface area contributed by atoms with Crippen LogP contribution in [0.15, 0.2) is 12.3 Å². The first-order valence-corrected chi connectivity index (χ1v) is 8.12. The third-order valence-electron chi connectivity index (χ3n) is 2.83.